The van der Waals surface area contributed by atoms with Crippen LogP contribution in [0.4, 0.5) is 0 Å². The molecule has 0 saturated heterocycles. The first-order chi connectivity index (χ1) is 12.3. The molecule has 138 valence electrons. The molecule has 2 amide bonds. The van der Waals surface area contributed by atoms with Crippen molar-refractivity contribution in [3.63, 3.8) is 0 Å². The van der Waals surface area contributed by atoms with E-state index in [0.29, 0.717) is 11.5 Å². The highest BCUT2D eigenvalue weighted by atomic mass is 16.2. The highest BCUT2D eigenvalue weighted by Gasteiger charge is 2.19. The zero-order valence-electron chi connectivity index (χ0n) is 16.2. The highest BCUT2D eigenvalue weighted by Crippen LogP contribution is 2.18. The Morgan fingerprint density at radius 2 is 1.46 bits per heavy atom. The normalized spacial score (nSPS) is 13.2. The SMILES string of the molecule is Cc1cccc(C(=O)NC(C)C(=O)NC(C)c2ccc(C(C)C)cc2)c1. The quantitative estimate of drug-likeness (QED) is 0.822. The molecule has 0 heterocycles. The van der Waals surface area contributed by atoms with E-state index in [0.717, 1.165) is 11.1 Å². The number of hydrogen-bond acceptors (Lipinski definition) is 2. The summed E-state index contributed by atoms with van der Waals surface area (Å²) in [5, 5.41) is 5.71. The van der Waals surface area contributed by atoms with Crippen LogP contribution in [0.1, 0.15) is 66.7 Å². The van der Waals surface area contributed by atoms with Crippen molar-refractivity contribution in [2.24, 2.45) is 0 Å². The maximum atomic E-state index is 12.4. The molecule has 2 N–H and O–H groups in total. The van der Waals surface area contributed by atoms with Gasteiger partial charge in [-0.05, 0) is 49.9 Å². The average molecular weight is 352 g/mol. The lowest BCUT2D eigenvalue weighted by molar-refractivity contribution is -0.123. The summed E-state index contributed by atoms with van der Waals surface area (Å²) in [6.07, 6.45) is 0. The highest BCUT2D eigenvalue weighted by molar-refractivity contribution is 5.97. The van der Waals surface area contributed by atoms with Crippen molar-refractivity contribution in [3.05, 3.63) is 70.8 Å². The van der Waals surface area contributed by atoms with Gasteiger partial charge in [0.05, 0.1) is 6.04 Å². The van der Waals surface area contributed by atoms with Crippen LogP contribution in [0.3, 0.4) is 0 Å². The number of nitrogens with one attached hydrogen (secondary N) is 2. The number of rotatable bonds is 6. The van der Waals surface area contributed by atoms with E-state index in [2.05, 4.69) is 36.6 Å². The van der Waals surface area contributed by atoms with Crippen LogP contribution in [0.2, 0.25) is 0 Å². The topological polar surface area (TPSA) is 58.2 Å². The Bertz CT molecular complexity index is 766. The van der Waals surface area contributed by atoms with Crippen molar-refractivity contribution in [1.29, 1.82) is 0 Å². The molecule has 26 heavy (non-hydrogen) atoms. The van der Waals surface area contributed by atoms with Gasteiger partial charge in [-0.1, -0.05) is 55.8 Å². The van der Waals surface area contributed by atoms with Crippen LogP contribution >= 0.6 is 0 Å². The van der Waals surface area contributed by atoms with Gasteiger partial charge in [0.2, 0.25) is 5.91 Å². The Kier molecular flexibility index (Phi) is 6.56. The smallest absolute Gasteiger partial charge is 0.251 e. The summed E-state index contributed by atoms with van der Waals surface area (Å²) in [6, 6.07) is 14.8. The molecule has 0 fully saturated rings. The summed E-state index contributed by atoms with van der Waals surface area (Å²) in [4.78, 5) is 24.7. The van der Waals surface area contributed by atoms with E-state index in [1.54, 1.807) is 19.1 Å². The molecule has 0 aromatic heterocycles. The van der Waals surface area contributed by atoms with Crippen LogP contribution in [-0.2, 0) is 4.79 Å². The van der Waals surface area contributed by atoms with E-state index >= 15 is 0 Å². The zero-order chi connectivity index (χ0) is 19.3. The van der Waals surface area contributed by atoms with Gasteiger partial charge in [0, 0.05) is 5.56 Å². The number of carbonyl (C=O) groups is 2. The first kappa shape index (κ1) is 19.7. The summed E-state index contributed by atoms with van der Waals surface area (Å²) in [6.45, 7) is 9.87. The third-order valence-electron chi connectivity index (χ3n) is 4.48. The number of carbonyl (C=O) groups excluding carboxylic acids is 2. The average Bonchev–Trinajstić information content (AvgIpc) is 2.61. The first-order valence-electron chi connectivity index (χ1n) is 9.05. The van der Waals surface area contributed by atoms with Crippen LogP contribution in [0.25, 0.3) is 0 Å². The van der Waals surface area contributed by atoms with Gasteiger partial charge in [-0.2, -0.15) is 0 Å². The fourth-order valence-corrected chi connectivity index (χ4v) is 2.72. The Labute approximate surface area is 156 Å². The Hall–Kier alpha value is -2.62. The van der Waals surface area contributed by atoms with Crippen molar-refractivity contribution in [1.82, 2.24) is 10.6 Å². The molecule has 0 aliphatic rings. The first-order valence-corrected chi connectivity index (χ1v) is 9.05. The van der Waals surface area contributed by atoms with Crippen molar-refractivity contribution in [3.8, 4) is 0 Å². The molecule has 0 aliphatic heterocycles. The van der Waals surface area contributed by atoms with Crippen molar-refractivity contribution >= 4 is 11.8 Å². The number of aryl methyl sites for hydroxylation is 1. The van der Waals surface area contributed by atoms with Gasteiger partial charge in [0.1, 0.15) is 6.04 Å². The zero-order valence-corrected chi connectivity index (χ0v) is 16.2. The monoisotopic (exact) mass is 352 g/mol. The molecule has 0 saturated carbocycles. The van der Waals surface area contributed by atoms with E-state index in [-0.39, 0.29) is 17.9 Å². The lowest BCUT2D eigenvalue weighted by Gasteiger charge is -2.19. The molecule has 4 nitrogen and oxygen atoms in total. The predicted molar refractivity (Wildman–Crippen MR) is 105 cm³/mol. The second kappa shape index (κ2) is 8.65. The molecule has 0 spiro atoms. The Morgan fingerprint density at radius 3 is 2.04 bits per heavy atom. The minimum atomic E-state index is -0.611. The molecule has 2 aromatic carbocycles. The summed E-state index contributed by atoms with van der Waals surface area (Å²) in [5.41, 5.74) is 3.88. The maximum absolute atomic E-state index is 12.4. The van der Waals surface area contributed by atoms with Crippen LogP contribution in [-0.4, -0.2) is 17.9 Å². The second-order valence-corrected chi connectivity index (χ2v) is 7.12. The summed E-state index contributed by atoms with van der Waals surface area (Å²) in [5.74, 6) is 0.0301. The van der Waals surface area contributed by atoms with Crippen LogP contribution < -0.4 is 10.6 Å². The van der Waals surface area contributed by atoms with Crippen molar-refractivity contribution in [2.45, 2.75) is 52.6 Å². The molecular formula is C22H28N2O2. The van der Waals surface area contributed by atoms with Crippen LogP contribution in [0.15, 0.2) is 48.5 Å². The lowest BCUT2D eigenvalue weighted by Crippen LogP contribution is -2.45. The molecule has 0 bridgehead atoms. The Balaban J connectivity index is 1.94. The Morgan fingerprint density at radius 1 is 0.846 bits per heavy atom. The summed E-state index contributed by atoms with van der Waals surface area (Å²) in [7, 11) is 0. The fraction of sp³-hybridized carbons (Fsp3) is 0.364. The van der Waals surface area contributed by atoms with E-state index in [1.807, 2.05) is 38.1 Å². The molecule has 2 aromatic rings. The number of hydrogen-bond donors (Lipinski definition) is 2. The van der Waals surface area contributed by atoms with Crippen LogP contribution in [0.5, 0.6) is 0 Å². The van der Waals surface area contributed by atoms with Gasteiger partial charge < -0.3 is 10.6 Å². The third kappa shape index (κ3) is 5.19. The third-order valence-corrected chi connectivity index (χ3v) is 4.48. The number of amides is 2. The maximum Gasteiger partial charge on any atom is 0.251 e. The summed E-state index contributed by atoms with van der Waals surface area (Å²) >= 11 is 0. The summed E-state index contributed by atoms with van der Waals surface area (Å²) < 4.78 is 0. The van der Waals surface area contributed by atoms with Crippen LogP contribution in [0, 0.1) is 6.92 Å². The van der Waals surface area contributed by atoms with Gasteiger partial charge in [-0.15, -0.1) is 0 Å². The largest absolute Gasteiger partial charge is 0.348 e. The van der Waals surface area contributed by atoms with Crippen molar-refractivity contribution < 1.29 is 9.59 Å². The van der Waals surface area contributed by atoms with E-state index in [4.69, 9.17) is 0 Å². The molecule has 0 radical (unpaired) electrons. The minimum Gasteiger partial charge on any atom is -0.348 e. The van der Waals surface area contributed by atoms with E-state index < -0.39 is 6.04 Å². The molecule has 0 aliphatic carbocycles. The van der Waals surface area contributed by atoms with Gasteiger partial charge in [0.15, 0.2) is 0 Å². The number of benzene rings is 2. The van der Waals surface area contributed by atoms with E-state index in [9.17, 15) is 9.59 Å². The van der Waals surface area contributed by atoms with Crippen molar-refractivity contribution in [2.75, 3.05) is 0 Å². The van der Waals surface area contributed by atoms with Gasteiger partial charge in [0.25, 0.3) is 5.91 Å². The predicted octanol–water partition coefficient (Wildman–Crippen LogP) is 4.11. The molecule has 2 unspecified atom stereocenters. The molecule has 2 rings (SSSR count). The van der Waals surface area contributed by atoms with Gasteiger partial charge >= 0.3 is 0 Å². The molecule has 2 atom stereocenters. The van der Waals surface area contributed by atoms with Gasteiger partial charge in [-0.3, -0.25) is 9.59 Å². The van der Waals surface area contributed by atoms with E-state index in [1.165, 1.54) is 5.56 Å². The van der Waals surface area contributed by atoms with Gasteiger partial charge in [-0.25, -0.2) is 0 Å². The molecule has 4 heteroatoms. The minimum absolute atomic E-state index is 0.123. The second-order valence-electron chi connectivity index (χ2n) is 7.12. The standard InChI is InChI=1S/C22H28N2O2/c1-14(2)18-9-11-19(12-10-18)16(4)23-21(25)17(5)24-22(26)20-8-6-7-15(3)13-20/h6-14,16-17H,1-5H3,(H,23,25)(H,24,26). The molecular weight excluding hydrogens is 324 g/mol. The fourth-order valence-electron chi connectivity index (χ4n) is 2.72. The lowest BCUT2D eigenvalue weighted by atomic mass is 9.99.